The molecule has 5 nitrogen and oxygen atoms in total. The van der Waals surface area contributed by atoms with Crippen molar-refractivity contribution in [3.8, 4) is 0 Å². The zero-order valence-electron chi connectivity index (χ0n) is 10.6. The molecule has 0 atom stereocenters. The van der Waals surface area contributed by atoms with Crippen LogP contribution < -0.4 is 5.32 Å². The largest absolute Gasteiger partial charge is 0.311 e. The fraction of sp³-hybridized carbons (Fsp3) is 0.538. The molecule has 2 rings (SSSR count). The molecule has 18 heavy (non-hydrogen) atoms. The Hall–Kier alpha value is -1.46. The van der Waals surface area contributed by atoms with Gasteiger partial charge < -0.3 is 10.2 Å². The zero-order valence-corrected chi connectivity index (χ0v) is 10.6. The molecule has 0 aromatic heterocycles. The Balaban J connectivity index is 1.67. The lowest BCUT2D eigenvalue weighted by atomic mass is 10.2. The fourth-order valence-electron chi connectivity index (χ4n) is 1.92. The van der Waals surface area contributed by atoms with Gasteiger partial charge >= 0.3 is 0 Å². The minimum atomic E-state index is -0.373. The van der Waals surface area contributed by atoms with E-state index in [1.165, 1.54) is 12.8 Å². The van der Waals surface area contributed by atoms with Gasteiger partial charge in [0.1, 0.15) is 0 Å². The SMILES string of the molecule is CN(CCNCc1ccc([N+](=O)[O-])cc1)C1CC1. The summed E-state index contributed by atoms with van der Waals surface area (Å²) in [6.07, 6.45) is 2.66. The molecule has 1 aliphatic carbocycles. The van der Waals surface area contributed by atoms with Crippen LogP contribution in [-0.4, -0.2) is 36.0 Å². The van der Waals surface area contributed by atoms with Crippen molar-refractivity contribution in [1.29, 1.82) is 0 Å². The number of rotatable bonds is 7. The Morgan fingerprint density at radius 2 is 2.06 bits per heavy atom. The lowest BCUT2D eigenvalue weighted by Crippen LogP contribution is -2.30. The number of hydrogen-bond donors (Lipinski definition) is 1. The van der Waals surface area contributed by atoms with Crippen LogP contribution in [0.15, 0.2) is 24.3 Å². The van der Waals surface area contributed by atoms with Gasteiger partial charge in [-0.2, -0.15) is 0 Å². The molecule has 0 radical (unpaired) electrons. The second kappa shape index (κ2) is 5.93. The molecule has 0 aliphatic heterocycles. The average Bonchev–Trinajstić information content (AvgIpc) is 3.19. The Morgan fingerprint density at radius 3 is 2.61 bits per heavy atom. The quantitative estimate of drug-likeness (QED) is 0.454. The van der Waals surface area contributed by atoms with Gasteiger partial charge in [0.2, 0.25) is 0 Å². The Kier molecular flexibility index (Phi) is 4.28. The van der Waals surface area contributed by atoms with Crippen molar-refractivity contribution in [3.63, 3.8) is 0 Å². The van der Waals surface area contributed by atoms with E-state index in [0.29, 0.717) is 0 Å². The molecular weight excluding hydrogens is 230 g/mol. The summed E-state index contributed by atoms with van der Waals surface area (Å²) in [4.78, 5) is 12.5. The molecule has 0 spiro atoms. The van der Waals surface area contributed by atoms with Gasteiger partial charge in [0.25, 0.3) is 5.69 Å². The van der Waals surface area contributed by atoms with Crippen LogP contribution in [0.3, 0.4) is 0 Å². The highest BCUT2D eigenvalue weighted by molar-refractivity contribution is 5.32. The number of nitrogens with one attached hydrogen (secondary N) is 1. The topological polar surface area (TPSA) is 58.4 Å². The predicted octanol–water partition coefficient (Wildman–Crippen LogP) is 1.78. The van der Waals surface area contributed by atoms with Crippen molar-refractivity contribution >= 4 is 5.69 Å². The van der Waals surface area contributed by atoms with E-state index in [0.717, 1.165) is 31.2 Å². The minimum absolute atomic E-state index is 0.146. The van der Waals surface area contributed by atoms with Gasteiger partial charge in [0.05, 0.1) is 4.92 Å². The highest BCUT2D eigenvalue weighted by Crippen LogP contribution is 2.24. The lowest BCUT2D eigenvalue weighted by Gasteiger charge is -2.15. The third-order valence-electron chi connectivity index (χ3n) is 3.29. The fourth-order valence-corrected chi connectivity index (χ4v) is 1.92. The second-order valence-electron chi connectivity index (χ2n) is 4.81. The molecule has 0 amide bonds. The molecule has 1 aromatic rings. The summed E-state index contributed by atoms with van der Waals surface area (Å²) >= 11 is 0. The summed E-state index contributed by atoms with van der Waals surface area (Å²) in [6, 6.07) is 7.50. The first-order chi connectivity index (χ1) is 8.66. The van der Waals surface area contributed by atoms with Crippen LogP contribution in [0, 0.1) is 10.1 Å². The molecule has 1 N–H and O–H groups in total. The number of likely N-dealkylation sites (N-methyl/N-ethyl adjacent to an activating group) is 1. The number of nitrogens with zero attached hydrogens (tertiary/aromatic N) is 2. The minimum Gasteiger partial charge on any atom is -0.311 e. The van der Waals surface area contributed by atoms with Crippen LogP contribution in [0.1, 0.15) is 18.4 Å². The van der Waals surface area contributed by atoms with Gasteiger partial charge in [-0.1, -0.05) is 12.1 Å². The van der Waals surface area contributed by atoms with Crippen molar-refractivity contribution in [3.05, 3.63) is 39.9 Å². The number of hydrogen-bond acceptors (Lipinski definition) is 4. The summed E-state index contributed by atoms with van der Waals surface area (Å²) in [7, 11) is 2.16. The van der Waals surface area contributed by atoms with Gasteiger partial charge in [0, 0.05) is 37.8 Å². The summed E-state index contributed by atoms with van der Waals surface area (Å²) < 4.78 is 0. The standard InChI is InChI=1S/C13H19N3O2/c1-15(12-6-7-12)9-8-14-10-11-2-4-13(5-3-11)16(17)18/h2-5,12,14H,6-10H2,1H3. The van der Waals surface area contributed by atoms with Crippen molar-refractivity contribution in [2.45, 2.75) is 25.4 Å². The van der Waals surface area contributed by atoms with Gasteiger partial charge in [0.15, 0.2) is 0 Å². The number of non-ortho nitro benzene ring substituents is 1. The van der Waals surface area contributed by atoms with Crippen LogP contribution in [0.2, 0.25) is 0 Å². The predicted molar refractivity (Wildman–Crippen MR) is 70.5 cm³/mol. The van der Waals surface area contributed by atoms with E-state index in [9.17, 15) is 10.1 Å². The van der Waals surface area contributed by atoms with E-state index < -0.39 is 0 Å². The van der Waals surface area contributed by atoms with E-state index in [4.69, 9.17) is 0 Å². The summed E-state index contributed by atoms with van der Waals surface area (Å²) in [5, 5.41) is 13.9. The number of nitro groups is 1. The normalized spacial score (nSPS) is 15.0. The smallest absolute Gasteiger partial charge is 0.269 e. The van der Waals surface area contributed by atoms with E-state index >= 15 is 0 Å². The lowest BCUT2D eigenvalue weighted by molar-refractivity contribution is -0.384. The molecule has 1 aliphatic rings. The van der Waals surface area contributed by atoms with Crippen molar-refractivity contribution in [1.82, 2.24) is 10.2 Å². The third kappa shape index (κ3) is 3.78. The first-order valence-electron chi connectivity index (χ1n) is 6.31. The Morgan fingerprint density at radius 1 is 1.39 bits per heavy atom. The van der Waals surface area contributed by atoms with Gasteiger partial charge in [-0.3, -0.25) is 10.1 Å². The molecule has 0 heterocycles. The molecule has 1 aromatic carbocycles. The van der Waals surface area contributed by atoms with Crippen molar-refractivity contribution in [2.75, 3.05) is 20.1 Å². The van der Waals surface area contributed by atoms with Crippen LogP contribution in [-0.2, 0) is 6.54 Å². The van der Waals surface area contributed by atoms with E-state index in [-0.39, 0.29) is 10.6 Å². The maximum absolute atomic E-state index is 10.5. The highest BCUT2D eigenvalue weighted by atomic mass is 16.6. The van der Waals surface area contributed by atoms with Crippen LogP contribution in [0.5, 0.6) is 0 Å². The van der Waals surface area contributed by atoms with Crippen molar-refractivity contribution in [2.24, 2.45) is 0 Å². The molecule has 5 heteroatoms. The van der Waals surface area contributed by atoms with E-state index in [1.807, 2.05) is 0 Å². The van der Waals surface area contributed by atoms with Crippen LogP contribution in [0.25, 0.3) is 0 Å². The molecular formula is C13H19N3O2. The number of nitro benzene ring substituents is 1. The first kappa shape index (κ1) is 13.0. The molecule has 98 valence electrons. The summed E-state index contributed by atoms with van der Waals surface area (Å²) in [5.74, 6) is 0. The maximum Gasteiger partial charge on any atom is 0.269 e. The zero-order chi connectivity index (χ0) is 13.0. The van der Waals surface area contributed by atoms with Crippen molar-refractivity contribution < 1.29 is 4.92 Å². The second-order valence-corrected chi connectivity index (χ2v) is 4.81. The van der Waals surface area contributed by atoms with Crippen LogP contribution >= 0.6 is 0 Å². The number of benzene rings is 1. The first-order valence-corrected chi connectivity index (χ1v) is 6.31. The van der Waals surface area contributed by atoms with Gasteiger partial charge in [-0.15, -0.1) is 0 Å². The van der Waals surface area contributed by atoms with E-state index in [2.05, 4.69) is 17.3 Å². The third-order valence-corrected chi connectivity index (χ3v) is 3.29. The van der Waals surface area contributed by atoms with Gasteiger partial charge in [-0.05, 0) is 25.5 Å². The average molecular weight is 249 g/mol. The molecule has 1 fully saturated rings. The van der Waals surface area contributed by atoms with Crippen LogP contribution in [0.4, 0.5) is 5.69 Å². The summed E-state index contributed by atoms with van der Waals surface area (Å²) in [5.41, 5.74) is 1.22. The summed E-state index contributed by atoms with van der Waals surface area (Å²) in [6.45, 7) is 2.76. The Bertz CT molecular complexity index is 401. The molecule has 0 unspecified atom stereocenters. The molecule has 0 saturated heterocycles. The molecule has 1 saturated carbocycles. The molecule has 0 bridgehead atoms. The Labute approximate surface area is 107 Å². The maximum atomic E-state index is 10.5. The van der Waals surface area contributed by atoms with Gasteiger partial charge in [-0.25, -0.2) is 0 Å². The van der Waals surface area contributed by atoms with E-state index in [1.54, 1.807) is 24.3 Å². The highest BCUT2D eigenvalue weighted by Gasteiger charge is 2.25. The monoisotopic (exact) mass is 249 g/mol.